The zero-order valence-corrected chi connectivity index (χ0v) is 7.04. The molecule has 0 unspecified atom stereocenters. The van der Waals surface area contributed by atoms with E-state index in [2.05, 4.69) is 15.3 Å². The largest absolute Gasteiger partial charge is 0.447 e. The normalized spacial score (nSPS) is 10.0. The third-order valence-electron chi connectivity index (χ3n) is 1.33. The van der Waals surface area contributed by atoms with Crippen molar-refractivity contribution in [2.45, 2.75) is 6.54 Å². The Balaban J connectivity index is 1.91. The van der Waals surface area contributed by atoms with Crippen molar-refractivity contribution in [3.63, 3.8) is 0 Å². The highest BCUT2D eigenvalue weighted by atomic mass is 32.1. The molecular formula is C7H7N3OS. The van der Waals surface area contributed by atoms with Crippen molar-refractivity contribution < 1.29 is 4.42 Å². The van der Waals surface area contributed by atoms with Gasteiger partial charge in [0.1, 0.15) is 5.76 Å². The van der Waals surface area contributed by atoms with Gasteiger partial charge < -0.3 is 9.73 Å². The van der Waals surface area contributed by atoms with Gasteiger partial charge in [-0.15, -0.1) is 11.3 Å². The first-order valence-corrected chi connectivity index (χ1v) is 4.34. The van der Waals surface area contributed by atoms with Gasteiger partial charge in [0.05, 0.1) is 12.7 Å². The monoisotopic (exact) mass is 181 g/mol. The summed E-state index contributed by atoms with van der Waals surface area (Å²) in [6, 6.07) is 0. The Labute approximate surface area is 73.3 Å². The smallest absolute Gasteiger partial charge is 0.182 e. The molecule has 0 bridgehead atoms. The Morgan fingerprint density at radius 2 is 2.58 bits per heavy atom. The lowest BCUT2D eigenvalue weighted by Crippen LogP contribution is -1.96. The zero-order chi connectivity index (χ0) is 8.23. The van der Waals surface area contributed by atoms with Gasteiger partial charge in [0.2, 0.25) is 0 Å². The molecule has 5 heteroatoms. The van der Waals surface area contributed by atoms with E-state index >= 15 is 0 Å². The van der Waals surface area contributed by atoms with Crippen LogP contribution in [-0.2, 0) is 6.54 Å². The first-order valence-electron chi connectivity index (χ1n) is 3.46. The first kappa shape index (κ1) is 7.30. The number of nitrogens with one attached hydrogen (secondary N) is 1. The van der Waals surface area contributed by atoms with Crippen molar-refractivity contribution in [3.05, 3.63) is 29.9 Å². The maximum absolute atomic E-state index is 5.04. The molecule has 2 aromatic heterocycles. The summed E-state index contributed by atoms with van der Waals surface area (Å²) in [4.78, 5) is 7.86. The minimum absolute atomic E-state index is 0.632. The molecule has 0 aliphatic rings. The summed E-state index contributed by atoms with van der Waals surface area (Å²) in [5, 5.41) is 5.91. The molecule has 0 aromatic carbocycles. The third kappa shape index (κ3) is 1.62. The minimum atomic E-state index is 0.632. The molecule has 0 spiro atoms. The summed E-state index contributed by atoms with van der Waals surface area (Å²) in [6.45, 7) is 0.632. The number of nitrogens with zero attached hydrogens (tertiary/aromatic N) is 2. The van der Waals surface area contributed by atoms with Gasteiger partial charge in [-0.2, -0.15) is 0 Å². The van der Waals surface area contributed by atoms with Crippen LogP contribution in [0.2, 0.25) is 0 Å². The number of rotatable bonds is 3. The van der Waals surface area contributed by atoms with Crippen molar-refractivity contribution in [3.8, 4) is 0 Å². The average Bonchev–Trinajstić information content (AvgIpc) is 2.74. The Hall–Kier alpha value is -1.36. The van der Waals surface area contributed by atoms with Gasteiger partial charge in [-0.1, -0.05) is 0 Å². The van der Waals surface area contributed by atoms with Crippen molar-refractivity contribution >= 4 is 16.5 Å². The van der Waals surface area contributed by atoms with Crippen LogP contribution in [0.25, 0.3) is 0 Å². The van der Waals surface area contributed by atoms with E-state index in [1.54, 1.807) is 23.7 Å². The summed E-state index contributed by atoms with van der Waals surface area (Å²) < 4.78 is 5.04. The second kappa shape index (κ2) is 3.36. The molecule has 0 saturated heterocycles. The Morgan fingerprint density at radius 1 is 1.58 bits per heavy atom. The van der Waals surface area contributed by atoms with Crippen LogP contribution >= 0.6 is 11.3 Å². The van der Waals surface area contributed by atoms with Gasteiger partial charge in [0, 0.05) is 11.6 Å². The fourth-order valence-electron chi connectivity index (χ4n) is 0.803. The molecule has 0 fully saturated rings. The SMILES string of the molecule is c1csc(NCc2cnco2)n1. The maximum atomic E-state index is 5.04. The van der Waals surface area contributed by atoms with Crippen LogP contribution in [0.3, 0.4) is 0 Å². The van der Waals surface area contributed by atoms with E-state index in [4.69, 9.17) is 4.42 Å². The molecule has 62 valence electrons. The zero-order valence-electron chi connectivity index (χ0n) is 6.23. The summed E-state index contributed by atoms with van der Waals surface area (Å²) in [7, 11) is 0. The van der Waals surface area contributed by atoms with Crippen molar-refractivity contribution in [2.24, 2.45) is 0 Å². The summed E-state index contributed by atoms with van der Waals surface area (Å²) in [6.07, 6.45) is 4.85. The second-order valence-electron chi connectivity index (χ2n) is 2.16. The van der Waals surface area contributed by atoms with Crippen LogP contribution < -0.4 is 5.32 Å². The van der Waals surface area contributed by atoms with Crippen molar-refractivity contribution in [1.82, 2.24) is 9.97 Å². The highest BCUT2D eigenvalue weighted by Crippen LogP contribution is 2.11. The van der Waals surface area contributed by atoms with Gasteiger partial charge in [-0.25, -0.2) is 9.97 Å². The number of oxazole rings is 1. The van der Waals surface area contributed by atoms with Gasteiger partial charge >= 0.3 is 0 Å². The molecule has 12 heavy (non-hydrogen) atoms. The fourth-order valence-corrected chi connectivity index (χ4v) is 1.33. The van der Waals surface area contributed by atoms with Crippen LogP contribution in [0, 0.1) is 0 Å². The van der Waals surface area contributed by atoms with Crippen molar-refractivity contribution in [1.29, 1.82) is 0 Å². The Morgan fingerprint density at radius 3 is 3.25 bits per heavy atom. The predicted octanol–water partition coefficient (Wildman–Crippen LogP) is 1.74. The molecule has 0 aliphatic carbocycles. The van der Waals surface area contributed by atoms with E-state index in [1.807, 2.05) is 5.38 Å². The number of aromatic nitrogens is 2. The molecule has 2 rings (SSSR count). The van der Waals surface area contributed by atoms with E-state index in [0.717, 1.165) is 10.9 Å². The number of anilines is 1. The lowest BCUT2D eigenvalue weighted by atomic mass is 10.5. The lowest BCUT2D eigenvalue weighted by Gasteiger charge is -1.96. The van der Waals surface area contributed by atoms with E-state index < -0.39 is 0 Å². The van der Waals surface area contributed by atoms with E-state index in [1.165, 1.54) is 6.39 Å². The van der Waals surface area contributed by atoms with E-state index in [9.17, 15) is 0 Å². The fraction of sp³-hybridized carbons (Fsp3) is 0.143. The molecule has 2 heterocycles. The lowest BCUT2D eigenvalue weighted by molar-refractivity contribution is 0.511. The highest BCUT2D eigenvalue weighted by Gasteiger charge is 1.97. The number of hydrogen-bond acceptors (Lipinski definition) is 5. The van der Waals surface area contributed by atoms with Crippen LogP contribution in [0.4, 0.5) is 5.13 Å². The van der Waals surface area contributed by atoms with Gasteiger partial charge in [0.15, 0.2) is 11.5 Å². The third-order valence-corrected chi connectivity index (χ3v) is 2.06. The Bertz CT molecular complexity index is 282. The molecule has 1 N–H and O–H groups in total. The quantitative estimate of drug-likeness (QED) is 0.783. The maximum Gasteiger partial charge on any atom is 0.182 e. The summed E-state index contributed by atoms with van der Waals surface area (Å²) in [5.74, 6) is 0.810. The van der Waals surface area contributed by atoms with Gasteiger partial charge in [-0.05, 0) is 0 Å². The predicted molar refractivity (Wildman–Crippen MR) is 45.9 cm³/mol. The Kier molecular flexibility index (Phi) is 2.04. The van der Waals surface area contributed by atoms with Crippen LogP contribution in [0.15, 0.2) is 28.6 Å². The first-order chi connectivity index (χ1) is 5.95. The van der Waals surface area contributed by atoms with Crippen LogP contribution in [0.1, 0.15) is 5.76 Å². The van der Waals surface area contributed by atoms with E-state index in [-0.39, 0.29) is 0 Å². The number of hydrogen-bond donors (Lipinski definition) is 1. The molecule has 0 amide bonds. The van der Waals surface area contributed by atoms with E-state index in [0.29, 0.717) is 6.54 Å². The molecule has 0 saturated carbocycles. The average molecular weight is 181 g/mol. The standard InChI is InChI=1S/C7H7N3OS/c1-2-12-7(9-1)10-4-6-3-8-5-11-6/h1-3,5H,4H2,(H,9,10). The van der Waals surface area contributed by atoms with Crippen molar-refractivity contribution in [2.75, 3.05) is 5.32 Å². The van der Waals surface area contributed by atoms with Gasteiger partial charge in [-0.3, -0.25) is 0 Å². The topological polar surface area (TPSA) is 51.0 Å². The van der Waals surface area contributed by atoms with Crippen LogP contribution in [0.5, 0.6) is 0 Å². The molecular weight excluding hydrogens is 174 g/mol. The molecule has 4 nitrogen and oxygen atoms in total. The van der Waals surface area contributed by atoms with Crippen LogP contribution in [-0.4, -0.2) is 9.97 Å². The van der Waals surface area contributed by atoms with Gasteiger partial charge in [0.25, 0.3) is 0 Å². The summed E-state index contributed by atoms with van der Waals surface area (Å²) in [5.41, 5.74) is 0. The number of thiazole rings is 1. The summed E-state index contributed by atoms with van der Waals surface area (Å²) >= 11 is 1.56. The molecule has 0 aliphatic heterocycles. The molecule has 0 atom stereocenters. The minimum Gasteiger partial charge on any atom is -0.447 e. The highest BCUT2D eigenvalue weighted by molar-refractivity contribution is 7.13. The molecule has 2 aromatic rings. The second-order valence-corrected chi connectivity index (χ2v) is 3.05. The molecule has 0 radical (unpaired) electrons.